The van der Waals surface area contributed by atoms with Gasteiger partial charge in [-0.2, -0.15) is 0 Å². The molecular formula is C20H22N2O3S. The Morgan fingerprint density at radius 1 is 1.04 bits per heavy atom. The zero-order valence-corrected chi connectivity index (χ0v) is 15.5. The van der Waals surface area contributed by atoms with Gasteiger partial charge in [-0.05, 0) is 47.2 Å². The second-order valence-electron chi connectivity index (χ2n) is 7.12. The van der Waals surface area contributed by atoms with E-state index < -0.39 is 16.0 Å². The van der Waals surface area contributed by atoms with Crippen LogP contribution in [0.25, 0.3) is 11.1 Å². The Morgan fingerprint density at radius 3 is 2.65 bits per heavy atom. The maximum absolute atomic E-state index is 12.6. The molecule has 0 bridgehead atoms. The van der Waals surface area contributed by atoms with E-state index in [0.29, 0.717) is 18.4 Å². The Labute approximate surface area is 154 Å². The number of hydrogen-bond acceptors (Lipinski definition) is 4. The predicted octanol–water partition coefficient (Wildman–Crippen LogP) is 2.07. The van der Waals surface area contributed by atoms with Crippen molar-refractivity contribution in [3.63, 3.8) is 0 Å². The van der Waals surface area contributed by atoms with E-state index in [1.807, 2.05) is 36.4 Å². The van der Waals surface area contributed by atoms with E-state index in [1.54, 1.807) is 6.92 Å². The number of carbonyl (C=O) groups excluding carboxylic acids is 1. The summed E-state index contributed by atoms with van der Waals surface area (Å²) in [6.45, 7) is 4.21. The van der Waals surface area contributed by atoms with Gasteiger partial charge in [-0.15, -0.1) is 0 Å². The lowest BCUT2D eigenvalue weighted by Crippen LogP contribution is -2.28. The van der Waals surface area contributed by atoms with Crippen LogP contribution in [0.15, 0.2) is 42.5 Å². The highest BCUT2D eigenvalue weighted by molar-refractivity contribution is 7.72. The van der Waals surface area contributed by atoms with Crippen molar-refractivity contribution in [3.8, 4) is 11.1 Å². The van der Waals surface area contributed by atoms with Gasteiger partial charge in [0.2, 0.25) is 0 Å². The number of carbonyl (C=O) groups is 1. The van der Waals surface area contributed by atoms with Gasteiger partial charge in [0, 0.05) is 31.1 Å². The number of fused-ring (bicyclic) bond motifs is 3. The van der Waals surface area contributed by atoms with Crippen molar-refractivity contribution in [1.82, 2.24) is 10.6 Å². The Morgan fingerprint density at radius 2 is 1.85 bits per heavy atom. The monoisotopic (exact) mass is 370 g/mol. The van der Waals surface area contributed by atoms with Gasteiger partial charge in [0.25, 0.3) is 5.91 Å². The minimum absolute atomic E-state index is 0.0246. The van der Waals surface area contributed by atoms with Crippen molar-refractivity contribution < 1.29 is 13.2 Å². The zero-order chi connectivity index (χ0) is 18.3. The Balaban J connectivity index is 1.76. The quantitative estimate of drug-likeness (QED) is 0.723. The minimum Gasteiger partial charge on any atom is -0.352 e. The van der Waals surface area contributed by atoms with Gasteiger partial charge in [0.05, 0.1) is 5.25 Å². The molecular weight excluding hydrogens is 348 g/mol. The summed E-state index contributed by atoms with van der Waals surface area (Å²) < 4.78 is 22.6. The molecule has 6 heteroatoms. The van der Waals surface area contributed by atoms with Gasteiger partial charge in [-0.1, -0.05) is 30.3 Å². The number of thiol groups is 1. The highest BCUT2D eigenvalue weighted by atomic mass is 32.2. The highest BCUT2D eigenvalue weighted by Gasteiger charge is 2.34. The fourth-order valence-electron chi connectivity index (χ4n) is 3.99. The summed E-state index contributed by atoms with van der Waals surface area (Å²) in [5.74, 6) is 0.765. The van der Waals surface area contributed by atoms with Crippen molar-refractivity contribution in [3.05, 3.63) is 59.2 Å². The molecule has 2 aliphatic rings. The maximum Gasteiger partial charge on any atom is 0.251 e. The smallest absolute Gasteiger partial charge is 0.251 e. The van der Waals surface area contributed by atoms with Crippen LogP contribution in [0.3, 0.4) is 0 Å². The SMILES string of the molecule is CC(c1cccc(-c2ccc3c(c2)C(=O)NCC2CNCC32)c1)[SH](=O)=O. The topological polar surface area (TPSA) is 75.3 Å². The molecule has 1 saturated heterocycles. The van der Waals surface area contributed by atoms with Gasteiger partial charge in [0.15, 0.2) is 0 Å². The molecule has 2 aromatic carbocycles. The third-order valence-electron chi connectivity index (χ3n) is 5.58. The van der Waals surface area contributed by atoms with E-state index in [0.717, 1.165) is 40.9 Å². The molecule has 26 heavy (non-hydrogen) atoms. The van der Waals surface area contributed by atoms with Crippen LogP contribution < -0.4 is 10.6 Å². The van der Waals surface area contributed by atoms with E-state index >= 15 is 0 Å². The molecule has 136 valence electrons. The molecule has 0 spiro atoms. The van der Waals surface area contributed by atoms with Crippen LogP contribution in [0.4, 0.5) is 0 Å². The van der Waals surface area contributed by atoms with Crippen LogP contribution in [0.5, 0.6) is 0 Å². The molecule has 2 aromatic rings. The van der Waals surface area contributed by atoms with E-state index in [2.05, 4.69) is 16.7 Å². The molecule has 0 saturated carbocycles. The molecule has 2 heterocycles. The molecule has 2 aliphatic heterocycles. The molecule has 0 radical (unpaired) electrons. The summed E-state index contributed by atoms with van der Waals surface area (Å²) in [5, 5.41) is 5.92. The van der Waals surface area contributed by atoms with Crippen LogP contribution in [0, 0.1) is 5.92 Å². The molecule has 0 aliphatic carbocycles. The first-order chi connectivity index (χ1) is 12.5. The predicted molar refractivity (Wildman–Crippen MR) is 102 cm³/mol. The summed E-state index contributed by atoms with van der Waals surface area (Å²) in [6, 6.07) is 13.6. The molecule has 2 N–H and O–H groups in total. The van der Waals surface area contributed by atoms with Gasteiger partial charge < -0.3 is 10.6 Å². The van der Waals surface area contributed by atoms with E-state index in [-0.39, 0.29) is 5.91 Å². The third kappa shape index (κ3) is 3.04. The van der Waals surface area contributed by atoms with Crippen LogP contribution in [0.2, 0.25) is 0 Å². The number of hydrogen-bond donors (Lipinski definition) is 3. The normalized spacial score (nSPS) is 23.1. The summed E-state index contributed by atoms with van der Waals surface area (Å²) in [6.07, 6.45) is 0. The molecule has 4 rings (SSSR count). The summed E-state index contributed by atoms with van der Waals surface area (Å²) in [4.78, 5) is 12.6. The zero-order valence-electron chi connectivity index (χ0n) is 14.6. The standard InChI is InChI=1S/C20H22N2O3S/c1-12(26(24)25)13-3-2-4-14(7-13)15-5-6-17-18(8-15)20(23)22-10-16-9-21-11-19(16)17/h2-8,12,16,19,21,26H,9-11H2,1H3,(H,22,23). The maximum atomic E-state index is 12.6. The largest absolute Gasteiger partial charge is 0.352 e. The van der Waals surface area contributed by atoms with Crippen LogP contribution >= 0.6 is 0 Å². The Bertz CT molecular complexity index is 930. The van der Waals surface area contributed by atoms with Gasteiger partial charge in [-0.3, -0.25) is 4.79 Å². The second kappa shape index (κ2) is 6.85. The molecule has 3 atom stereocenters. The van der Waals surface area contributed by atoms with Crippen molar-refractivity contribution in [1.29, 1.82) is 0 Å². The van der Waals surface area contributed by atoms with E-state index in [4.69, 9.17) is 0 Å². The Kier molecular flexibility index (Phi) is 4.54. The fraction of sp³-hybridized carbons (Fsp3) is 0.350. The molecule has 1 fully saturated rings. The number of amides is 1. The molecule has 1 amide bonds. The van der Waals surface area contributed by atoms with Crippen molar-refractivity contribution in [2.45, 2.75) is 18.1 Å². The van der Waals surface area contributed by atoms with E-state index in [1.165, 1.54) is 0 Å². The van der Waals surface area contributed by atoms with Crippen molar-refractivity contribution >= 4 is 16.6 Å². The van der Waals surface area contributed by atoms with Crippen LogP contribution in [-0.2, 0) is 10.7 Å². The number of nitrogens with one attached hydrogen (secondary N) is 2. The first kappa shape index (κ1) is 17.2. The van der Waals surface area contributed by atoms with Crippen molar-refractivity contribution in [2.75, 3.05) is 19.6 Å². The number of rotatable bonds is 3. The second-order valence-corrected chi connectivity index (χ2v) is 8.47. The summed E-state index contributed by atoms with van der Waals surface area (Å²) in [5.41, 5.74) is 4.45. The number of benzene rings is 2. The van der Waals surface area contributed by atoms with E-state index in [9.17, 15) is 13.2 Å². The minimum atomic E-state index is -2.52. The average molecular weight is 370 g/mol. The Hall–Kier alpha value is -2.18. The third-order valence-corrected chi connectivity index (χ3v) is 6.51. The van der Waals surface area contributed by atoms with Gasteiger partial charge in [0.1, 0.15) is 10.7 Å². The first-order valence-corrected chi connectivity index (χ1v) is 10.2. The van der Waals surface area contributed by atoms with Gasteiger partial charge in [-0.25, -0.2) is 8.42 Å². The lowest BCUT2D eigenvalue weighted by atomic mass is 9.86. The van der Waals surface area contributed by atoms with Crippen LogP contribution in [-0.4, -0.2) is 34.0 Å². The van der Waals surface area contributed by atoms with Crippen LogP contribution in [0.1, 0.15) is 39.6 Å². The lowest BCUT2D eigenvalue weighted by molar-refractivity contribution is 0.0952. The van der Waals surface area contributed by atoms with Crippen molar-refractivity contribution in [2.24, 2.45) is 5.92 Å². The molecule has 5 nitrogen and oxygen atoms in total. The average Bonchev–Trinajstić information content (AvgIpc) is 3.08. The van der Waals surface area contributed by atoms with Gasteiger partial charge >= 0.3 is 0 Å². The lowest BCUT2D eigenvalue weighted by Gasteiger charge is -2.17. The molecule has 3 unspecified atom stereocenters. The fourth-order valence-corrected chi connectivity index (χ4v) is 4.39. The highest BCUT2D eigenvalue weighted by Crippen LogP contribution is 2.35. The first-order valence-electron chi connectivity index (χ1n) is 8.91. The summed E-state index contributed by atoms with van der Waals surface area (Å²) in [7, 11) is -2.52. The molecule has 0 aromatic heterocycles. The summed E-state index contributed by atoms with van der Waals surface area (Å²) >= 11 is 0.